The fraction of sp³-hybridized carbons (Fsp3) is 0.308. The zero-order chi connectivity index (χ0) is 12.7. The van der Waals surface area contributed by atoms with Gasteiger partial charge in [-0.1, -0.05) is 23.6 Å². The lowest BCUT2D eigenvalue weighted by atomic mass is 10.1. The second-order valence-corrected chi connectivity index (χ2v) is 4.62. The van der Waals surface area contributed by atoms with E-state index in [0.717, 1.165) is 0 Å². The van der Waals surface area contributed by atoms with E-state index in [1.165, 1.54) is 30.8 Å². The highest BCUT2D eigenvalue weighted by Gasteiger charge is 2.00. The van der Waals surface area contributed by atoms with Crippen LogP contribution < -0.4 is 0 Å². The molecule has 0 spiro atoms. The Kier molecular flexibility index (Phi) is 5.75. The van der Waals surface area contributed by atoms with E-state index in [2.05, 4.69) is 11.8 Å². The lowest BCUT2D eigenvalue weighted by molar-refractivity contribution is -0.109. The van der Waals surface area contributed by atoms with Crippen molar-refractivity contribution >= 4 is 16.9 Å². The van der Waals surface area contributed by atoms with Crippen LogP contribution in [-0.2, 0) is 11.4 Å². The first-order valence-corrected chi connectivity index (χ1v) is 6.13. The molecule has 1 N–H and O–H groups in total. The third-order valence-electron chi connectivity index (χ3n) is 1.99. The summed E-state index contributed by atoms with van der Waals surface area (Å²) in [5, 5.41) is 9.11. The number of thioether (sulfide) groups is 1. The summed E-state index contributed by atoms with van der Waals surface area (Å²) in [6, 6.07) is 4.13. The number of hydrogen-bond acceptors (Lipinski definition) is 3. The Morgan fingerprint density at radius 1 is 1.53 bits per heavy atom. The van der Waals surface area contributed by atoms with E-state index in [9.17, 15) is 9.18 Å². The number of aliphatic hydroxyl groups is 1. The fourth-order valence-corrected chi connectivity index (χ4v) is 1.71. The second-order valence-electron chi connectivity index (χ2n) is 3.35. The number of aliphatic hydroxyl groups excluding tert-OH is 1. The Labute approximate surface area is 104 Å². The molecular formula is C13H13FO2S. The maximum atomic E-state index is 12.9. The van der Waals surface area contributed by atoms with Crippen LogP contribution in [-0.4, -0.2) is 16.0 Å². The Morgan fingerprint density at radius 3 is 2.94 bits per heavy atom. The quantitative estimate of drug-likeness (QED) is 0.662. The molecule has 4 heteroatoms. The third-order valence-corrected chi connectivity index (χ3v) is 2.81. The summed E-state index contributed by atoms with van der Waals surface area (Å²) >= 11 is 1.23. The van der Waals surface area contributed by atoms with E-state index in [1.807, 2.05) is 0 Å². The molecule has 90 valence electrons. The van der Waals surface area contributed by atoms with Crippen molar-refractivity contribution < 1.29 is 14.3 Å². The summed E-state index contributed by atoms with van der Waals surface area (Å²) in [6.07, 6.45) is 0.590. The molecule has 0 unspecified atom stereocenters. The van der Waals surface area contributed by atoms with Gasteiger partial charge in [0, 0.05) is 24.7 Å². The zero-order valence-corrected chi connectivity index (χ0v) is 10.3. The monoisotopic (exact) mass is 252 g/mol. The van der Waals surface area contributed by atoms with Gasteiger partial charge in [-0.3, -0.25) is 4.79 Å². The van der Waals surface area contributed by atoms with Crippen LogP contribution in [0.15, 0.2) is 18.2 Å². The molecule has 17 heavy (non-hydrogen) atoms. The number of halogens is 1. The molecule has 1 rings (SSSR count). The summed E-state index contributed by atoms with van der Waals surface area (Å²) in [4.78, 5) is 10.7. The van der Waals surface area contributed by atoms with Crippen LogP contribution in [0.5, 0.6) is 0 Å². The van der Waals surface area contributed by atoms with Crippen LogP contribution >= 0.6 is 11.8 Å². The maximum absolute atomic E-state index is 12.9. The smallest absolute Gasteiger partial charge is 0.185 e. The molecule has 0 bridgehead atoms. The zero-order valence-electron chi connectivity index (χ0n) is 9.50. The van der Waals surface area contributed by atoms with Crippen molar-refractivity contribution in [2.45, 2.75) is 20.0 Å². The average Bonchev–Trinajstić information content (AvgIpc) is 2.29. The molecule has 1 aromatic carbocycles. The van der Waals surface area contributed by atoms with Crippen LogP contribution in [0.4, 0.5) is 4.39 Å². The van der Waals surface area contributed by atoms with Crippen LogP contribution in [0.1, 0.15) is 24.5 Å². The van der Waals surface area contributed by atoms with Gasteiger partial charge in [-0.05, 0) is 23.8 Å². The summed E-state index contributed by atoms with van der Waals surface area (Å²) in [7, 11) is 0. The van der Waals surface area contributed by atoms with Gasteiger partial charge in [0.2, 0.25) is 0 Å². The minimum absolute atomic E-state index is 0.0737. The Hall–Kier alpha value is -1.31. The molecule has 2 nitrogen and oxygen atoms in total. The number of benzene rings is 1. The molecule has 0 aromatic heterocycles. The van der Waals surface area contributed by atoms with E-state index in [1.54, 1.807) is 6.07 Å². The van der Waals surface area contributed by atoms with E-state index < -0.39 is 0 Å². The lowest BCUT2D eigenvalue weighted by Crippen LogP contribution is -1.91. The van der Waals surface area contributed by atoms with E-state index in [4.69, 9.17) is 5.11 Å². The first kappa shape index (κ1) is 13.8. The summed E-state index contributed by atoms with van der Waals surface area (Å²) in [5.41, 5.74) is 1.11. The molecule has 0 aliphatic carbocycles. The van der Waals surface area contributed by atoms with Gasteiger partial charge >= 0.3 is 0 Å². The highest BCUT2D eigenvalue weighted by atomic mass is 32.2. The third kappa shape index (κ3) is 5.03. The van der Waals surface area contributed by atoms with E-state index >= 15 is 0 Å². The fourth-order valence-electron chi connectivity index (χ4n) is 1.22. The molecule has 0 atom stereocenters. The molecule has 0 aliphatic rings. The van der Waals surface area contributed by atoms with Gasteiger partial charge in [0.1, 0.15) is 5.82 Å². The normalized spacial score (nSPS) is 9.59. The van der Waals surface area contributed by atoms with Gasteiger partial charge in [-0.15, -0.1) is 0 Å². The molecular weight excluding hydrogens is 239 g/mol. The Bertz CT molecular complexity index is 460. The number of carbonyl (C=O) groups is 1. The van der Waals surface area contributed by atoms with Crippen molar-refractivity contribution in [3.8, 4) is 11.8 Å². The van der Waals surface area contributed by atoms with Crippen LogP contribution in [0.25, 0.3) is 0 Å². The standard InChI is InChI=1S/C13H13FO2S/c1-10(16)17-7-3-2-4-11-5-6-13(14)8-12(11)9-15/h5-6,8,15H,3,7,9H2,1H3. The predicted molar refractivity (Wildman–Crippen MR) is 67.0 cm³/mol. The van der Waals surface area contributed by atoms with Gasteiger partial charge < -0.3 is 5.11 Å². The molecule has 0 saturated heterocycles. The van der Waals surface area contributed by atoms with Crippen molar-refractivity contribution in [1.29, 1.82) is 0 Å². The highest BCUT2D eigenvalue weighted by molar-refractivity contribution is 8.13. The molecule has 0 fully saturated rings. The largest absolute Gasteiger partial charge is 0.392 e. The second kappa shape index (κ2) is 7.10. The predicted octanol–water partition coefficient (Wildman–Crippen LogP) is 2.34. The molecule has 0 aliphatic heterocycles. The van der Waals surface area contributed by atoms with Crippen molar-refractivity contribution in [2.75, 3.05) is 5.75 Å². The summed E-state index contributed by atoms with van der Waals surface area (Å²) in [5.74, 6) is 6.03. The van der Waals surface area contributed by atoms with Crippen molar-refractivity contribution in [1.82, 2.24) is 0 Å². The van der Waals surface area contributed by atoms with Crippen molar-refractivity contribution in [2.24, 2.45) is 0 Å². The topological polar surface area (TPSA) is 37.3 Å². The van der Waals surface area contributed by atoms with Gasteiger partial charge in [0.05, 0.1) is 6.61 Å². The number of hydrogen-bond donors (Lipinski definition) is 1. The number of carbonyl (C=O) groups excluding carboxylic acids is 1. The molecule has 1 aromatic rings. The van der Waals surface area contributed by atoms with Crippen molar-refractivity contribution in [3.63, 3.8) is 0 Å². The van der Waals surface area contributed by atoms with Gasteiger partial charge in [0.15, 0.2) is 5.12 Å². The first-order valence-electron chi connectivity index (χ1n) is 5.15. The lowest BCUT2D eigenvalue weighted by Gasteiger charge is -2.00. The van der Waals surface area contributed by atoms with Crippen LogP contribution in [0.2, 0.25) is 0 Å². The van der Waals surface area contributed by atoms with Crippen molar-refractivity contribution in [3.05, 3.63) is 35.1 Å². The van der Waals surface area contributed by atoms with Crippen LogP contribution in [0.3, 0.4) is 0 Å². The van der Waals surface area contributed by atoms with Crippen LogP contribution in [0, 0.1) is 17.7 Å². The number of rotatable bonds is 3. The van der Waals surface area contributed by atoms with E-state index in [0.29, 0.717) is 23.3 Å². The maximum Gasteiger partial charge on any atom is 0.185 e. The molecule has 0 radical (unpaired) electrons. The minimum atomic E-state index is -0.383. The van der Waals surface area contributed by atoms with Gasteiger partial charge in [-0.25, -0.2) is 4.39 Å². The summed E-state index contributed by atoms with van der Waals surface area (Å²) in [6.45, 7) is 1.28. The van der Waals surface area contributed by atoms with Gasteiger partial charge in [-0.2, -0.15) is 0 Å². The average molecular weight is 252 g/mol. The Balaban J connectivity index is 2.62. The SMILES string of the molecule is CC(=O)SCCC#Cc1ccc(F)cc1CO. The summed E-state index contributed by atoms with van der Waals surface area (Å²) < 4.78 is 12.9. The first-order chi connectivity index (χ1) is 8.13. The molecule has 0 amide bonds. The molecule has 0 heterocycles. The molecule has 0 saturated carbocycles. The highest BCUT2D eigenvalue weighted by Crippen LogP contribution is 2.10. The van der Waals surface area contributed by atoms with E-state index in [-0.39, 0.29) is 17.5 Å². The Morgan fingerprint density at radius 2 is 2.29 bits per heavy atom. The minimum Gasteiger partial charge on any atom is -0.392 e. The van der Waals surface area contributed by atoms with Gasteiger partial charge in [0.25, 0.3) is 0 Å².